The van der Waals surface area contributed by atoms with Crippen molar-refractivity contribution in [2.45, 2.75) is 403 Å². The molecule has 0 amide bonds. The minimum atomic E-state index is -5.85. The van der Waals surface area contributed by atoms with Crippen LogP contribution in [0.1, 0.15) is 218 Å². The van der Waals surface area contributed by atoms with Gasteiger partial charge in [-0.15, -0.1) is 0 Å². The van der Waals surface area contributed by atoms with Crippen LogP contribution in [0.2, 0.25) is 0 Å². The molecule has 6 aliphatic rings. The van der Waals surface area contributed by atoms with Gasteiger partial charge in [-0.1, -0.05) is 128 Å². The zero-order chi connectivity index (χ0) is 98.7. The van der Waals surface area contributed by atoms with Gasteiger partial charge in [0.2, 0.25) is 0 Å². The van der Waals surface area contributed by atoms with E-state index in [1.165, 1.54) is 50.2 Å². The monoisotopic (exact) mass is 1940 g/mol. The minimum Gasteiger partial charge on any atom is -0.463 e. The summed E-state index contributed by atoms with van der Waals surface area (Å²) in [6, 6.07) is 0. The molecule has 0 radical (unpaired) electrons. The highest BCUT2D eigenvalue weighted by atomic mass is 31.3. The highest BCUT2D eigenvalue weighted by Crippen LogP contribution is 2.61. The van der Waals surface area contributed by atoms with Crippen LogP contribution in [0.4, 0.5) is 0 Å². The van der Waals surface area contributed by atoms with Crippen LogP contribution in [-0.2, 0) is 84.1 Å². The average Bonchev–Trinajstić information content (AvgIpc) is 0.780. The molecule has 0 aromatic carbocycles. The molecule has 0 bridgehead atoms. The molecule has 6 fully saturated rings. The number of carbonyl (C=O) groups is 1. The van der Waals surface area contributed by atoms with Crippen molar-refractivity contribution in [3.8, 4) is 0 Å². The zero-order valence-corrected chi connectivity index (χ0v) is 80.7. The first kappa shape index (κ1) is 117. The largest absolute Gasteiger partial charge is 0.483 e. The van der Waals surface area contributed by atoms with Gasteiger partial charge in [0.15, 0.2) is 37.7 Å². The maximum Gasteiger partial charge on any atom is 0.483 e. The number of hydrogen-bond acceptors (Lipinski definition) is 36. The average molecular weight is 1940 g/mol. The first-order valence-electron chi connectivity index (χ1n) is 46.0. The first-order valence-corrected chi connectivity index (χ1v) is 49.0. The lowest BCUT2D eigenvalue weighted by molar-refractivity contribution is -0.388. The summed E-state index contributed by atoms with van der Waals surface area (Å²) in [5.41, 5.74) is 14.4. The predicted molar refractivity (Wildman–Crippen MR) is 484 cm³/mol. The number of phosphoric acid groups is 2. The Labute approximate surface area is 781 Å². The van der Waals surface area contributed by atoms with Crippen LogP contribution in [0.3, 0.4) is 0 Å². The van der Waals surface area contributed by atoms with Crippen LogP contribution in [0.15, 0.2) is 128 Å². The molecule has 0 saturated carbocycles. The molecule has 0 spiro atoms. The highest BCUT2D eigenvalue weighted by Gasteiger charge is 2.58. The Morgan fingerprint density at radius 3 is 0.902 bits per heavy atom. The Balaban J connectivity index is 0.894. The Bertz CT molecular complexity index is 3950. The van der Waals surface area contributed by atoms with Gasteiger partial charge in [0.1, 0.15) is 153 Å². The fraction of sp³-hybridized carbons (Fsp3) is 0.753. The van der Waals surface area contributed by atoms with Gasteiger partial charge in [0, 0.05) is 6.92 Å². The number of aliphatic hydroxyl groups is 18. The van der Waals surface area contributed by atoms with Crippen LogP contribution >= 0.6 is 15.6 Å². The lowest BCUT2D eigenvalue weighted by Crippen LogP contribution is -2.67. The van der Waals surface area contributed by atoms with E-state index in [0.717, 1.165) is 128 Å². The highest BCUT2D eigenvalue weighted by molar-refractivity contribution is 7.61. The van der Waals surface area contributed by atoms with E-state index in [4.69, 9.17) is 65.9 Å². The van der Waals surface area contributed by atoms with Crippen LogP contribution in [0.25, 0.3) is 0 Å². The van der Waals surface area contributed by atoms with Crippen molar-refractivity contribution in [1.29, 1.82) is 0 Å². The molecule has 6 heterocycles. The van der Waals surface area contributed by atoms with Crippen LogP contribution in [-0.4, -0.2) is 338 Å². The van der Waals surface area contributed by atoms with Gasteiger partial charge in [0.25, 0.3) is 0 Å². The lowest BCUT2D eigenvalue weighted by Gasteiger charge is -2.49. The predicted octanol–water partition coefficient (Wildman–Crippen LogP) is 5.96. The molecule has 38 nitrogen and oxygen atoms in total. The third kappa shape index (κ3) is 38.9. The molecule has 0 aromatic rings. The van der Waals surface area contributed by atoms with Gasteiger partial charge in [-0.3, -0.25) is 13.8 Å². The zero-order valence-electron chi connectivity index (χ0n) is 79.0. The molecule has 40 heteroatoms. The summed E-state index contributed by atoms with van der Waals surface area (Å²) in [7, 11) is -11.3. The maximum atomic E-state index is 13.4. The van der Waals surface area contributed by atoms with Crippen LogP contribution < -0.4 is 0 Å². The van der Waals surface area contributed by atoms with Crippen molar-refractivity contribution in [2.24, 2.45) is 0 Å². The van der Waals surface area contributed by atoms with E-state index in [9.17, 15) is 116 Å². The molecule has 133 heavy (non-hydrogen) atoms. The second kappa shape index (κ2) is 58.8. The molecule has 0 aromatic heterocycles. The van der Waals surface area contributed by atoms with E-state index in [1.54, 1.807) is 13.0 Å². The van der Waals surface area contributed by atoms with Crippen molar-refractivity contribution in [3.63, 3.8) is 0 Å². The van der Waals surface area contributed by atoms with E-state index in [0.29, 0.717) is 18.4 Å². The fourth-order valence-electron chi connectivity index (χ4n) is 15.6. The number of phosphoric ester groups is 2. The number of esters is 1. The third-order valence-electron chi connectivity index (χ3n) is 24.3. The summed E-state index contributed by atoms with van der Waals surface area (Å²) < 4.78 is 108. The topological polar surface area (TPSA) is 594 Å². The maximum absolute atomic E-state index is 13.4. The summed E-state index contributed by atoms with van der Waals surface area (Å²) in [6.45, 7) is 20.5. The van der Waals surface area contributed by atoms with E-state index in [2.05, 4.69) is 134 Å². The Morgan fingerprint density at radius 2 is 0.556 bits per heavy atom. The van der Waals surface area contributed by atoms with Gasteiger partial charge in [-0.25, -0.2) is 9.13 Å². The number of carbonyl (C=O) groups excluding carboxylic acids is 1. The first-order chi connectivity index (χ1) is 62.8. The number of rotatable bonds is 54. The lowest BCUT2D eigenvalue weighted by atomic mass is 9.95. The summed E-state index contributed by atoms with van der Waals surface area (Å²) in [6.07, 6.45) is -15.6. The van der Waals surface area contributed by atoms with Crippen molar-refractivity contribution < 1.29 is 186 Å². The fourth-order valence-corrected chi connectivity index (χ4v) is 17.8. The summed E-state index contributed by atoms with van der Waals surface area (Å²) >= 11 is 0. The molecule has 6 aliphatic heterocycles. The third-order valence-corrected chi connectivity index (χ3v) is 26.9. The normalized spacial score (nSPS) is 35.3. The number of aliphatic hydroxyl groups excluding tert-OH is 18. The van der Waals surface area contributed by atoms with Gasteiger partial charge < -0.3 is 159 Å². The van der Waals surface area contributed by atoms with E-state index in [1.807, 2.05) is 6.92 Å². The molecule has 20 N–H and O–H groups in total. The summed E-state index contributed by atoms with van der Waals surface area (Å²) in [5, 5.41) is 195. The molecular weight excluding hydrogens is 1790 g/mol. The molecular formula is C93H154O38P2. The van der Waals surface area contributed by atoms with Gasteiger partial charge in [-0.2, -0.15) is 4.31 Å². The van der Waals surface area contributed by atoms with E-state index < -0.39 is 252 Å². The van der Waals surface area contributed by atoms with Crippen molar-refractivity contribution in [3.05, 3.63) is 128 Å². The SMILES string of the molecule is C/C=C(/C)CC/C=C(/C)CC/C=C(/C)CC/C=C(/C)CC/C=C(/C)CC/C=C(/C)CC/C=C(/C)CC/C=C(/C)CC/C=C(\C)CC/C=C(\C)CC/C=C(\C)COP(=O)(O)OP(=O)(O)O[C@H]1O[C@H](CO)[C@H](O)[C@H](O[C@@H]2O[C@H](CO)[C@@H](O[C@@H]3O[C@H](COC(C)=O)[C@@H](O[C@@H]4O[C@H](CO[C@@H]5O[C@H](CO[C@@H]6O[C@H](CO)[C@@H](O)[C@H](O)[C@H]6O)[C@@H](O)[C@H](O)[C@H]5O)[C@@H](O)[C@H](O)[C@H]4O)[C@H](O)[C@H]3O)[C@H](O)[C@H]2O)[C@H]1O. The van der Waals surface area contributed by atoms with Crippen molar-refractivity contribution in [2.75, 3.05) is 46.2 Å². The van der Waals surface area contributed by atoms with E-state index in [-0.39, 0.29) is 0 Å². The second-order valence-corrected chi connectivity index (χ2v) is 38.9. The smallest absolute Gasteiger partial charge is 0.463 e. The van der Waals surface area contributed by atoms with Crippen molar-refractivity contribution in [1.82, 2.24) is 0 Å². The number of hydrogen-bond donors (Lipinski definition) is 20. The molecule has 0 aliphatic carbocycles. The Hall–Kier alpha value is -4.29. The summed E-state index contributed by atoms with van der Waals surface area (Å²) in [4.78, 5) is 33.5. The molecule has 6 saturated heterocycles. The van der Waals surface area contributed by atoms with E-state index >= 15 is 0 Å². The quantitative estimate of drug-likeness (QED) is 0.0190. The number of ether oxygens (including phenoxy) is 12. The molecule has 2 unspecified atom stereocenters. The standard InChI is InChI=1S/C93H154O38P2/c1-14-52(2)25-15-26-53(3)27-16-28-54(4)29-17-30-55(5)31-18-32-56(6)33-19-34-57(7)35-20-36-58(8)37-21-38-59(9)39-22-40-60(10)41-23-42-61(11)43-24-44-62(12)48-120-132(113,114)131-133(115,116)130-93-84(112)87(73(101)65(46-95)122-93)129-91-82(110)77(105)85(66(47-96)123-91)127-92-83(111)78(106)86(69(126-92)51-117-63(13)97)128-90-81(109)76(104)72(100)68(125-90)50-119-89-80(108)75(103)71(99)67(124-89)49-118-88-79(107)74(102)70(98)64(45-94)121-88/h14,26,28,30,32,34,36,38,40,42,44,64-96,98-112H,15-25,27,29,31,33,35,37,39,41,43,45-51H2,1-13H3,(H,113,114)(H,115,116)/b52-14-,53-26-,54-28-,55-30-,56-32-,57-34-,58-36-,59-38-,60-40+,61-42+,62-44+/t64-,65-,66-,67-,68-,69-,70-,71-,72-,73+,74+,75+,76+,77-,78-,79-,80-,81-,82-,83-,84-,85-,86-,87+,88-,89-,90+,91+,92+,93-/m1/s1. The van der Waals surface area contributed by atoms with Gasteiger partial charge in [-0.05, 0) is 212 Å². The Kier molecular flexibility index (Phi) is 51.9. The molecule has 764 valence electrons. The number of allylic oxidation sites excluding steroid dienone is 21. The van der Waals surface area contributed by atoms with Crippen LogP contribution in [0, 0.1) is 0 Å². The Morgan fingerprint density at radius 1 is 0.286 bits per heavy atom. The van der Waals surface area contributed by atoms with Gasteiger partial charge >= 0.3 is 21.6 Å². The van der Waals surface area contributed by atoms with Gasteiger partial charge in [0.05, 0.1) is 39.6 Å². The van der Waals surface area contributed by atoms with Crippen LogP contribution in [0.5, 0.6) is 0 Å². The second-order valence-electron chi connectivity index (χ2n) is 35.9. The van der Waals surface area contributed by atoms with Crippen molar-refractivity contribution >= 4 is 21.6 Å². The summed E-state index contributed by atoms with van der Waals surface area (Å²) in [5.74, 6) is -0.954. The molecule has 6 rings (SSSR count). The minimum absolute atomic E-state index is 0.443. The molecule has 32 atom stereocenters.